The summed E-state index contributed by atoms with van der Waals surface area (Å²) in [6.07, 6.45) is 0.935. The van der Waals surface area contributed by atoms with Crippen molar-refractivity contribution in [3.8, 4) is 0 Å². The van der Waals surface area contributed by atoms with E-state index in [4.69, 9.17) is 16.7 Å². The number of carboxylic acid groups (broad SMARTS) is 1. The van der Waals surface area contributed by atoms with Crippen LogP contribution in [0.3, 0.4) is 0 Å². The molecule has 1 rings (SSSR count). The number of urea groups is 1. The number of halogens is 2. The molecular weight excluding hydrogens is 275 g/mol. The minimum atomic E-state index is -1.11. The zero-order valence-electron chi connectivity index (χ0n) is 10.2. The molecule has 0 aromatic heterocycles. The van der Waals surface area contributed by atoms with Crippen LogP contribution in [0.4, 0.5) is 14.9 Å². The van der Waals surface area contributed by atoms with Crippen LogP contribution >= 0.6 is 11.6 Å². The summed E-state index contributed by atoms with van der Waals surface area (Å²) in [6.45, 7) is 1.81. The Labute approximate surface area is 114 Å². The highest BCUT2D eigenvalue weighted by Crippen LogP contribution is 2.18. The minimum absolute atomic E-state index is 0.0552. The second kappa shape index (κ2) is 6.94. The van der Waals surface area contributed by atoms with E-state index in [1.807, 2.05) is 6.92 Å². The Bertz CT molecular complexity index is 482. The Morgan fingerprint density at radius 3 is 2.68 bits per heavy atom. The fraction of sp³-hybridized carbons (Fsp3) is 0.333. The molecule has 104 valence electrons. The van der Waals surface area contributed by atoms with Gasteiger partial charge in [0.05, 0.1) is 5.02 Å². The Morgan fingerprint density at radius 1 is 1.47 bits per heavy atom. The van der Waals surface area contributed by atoms with Crippen LogP contribution < -0.4 is 10.6 Å². The first kappa shape index (κ1) is 15.2. The Morgan fingerprint density at radius 2 is 2.16 bits per heavy atom. The zero-order valence-corrected chi connectivity index (χ0v) is 11.0. The lowest BCUT2D eigenvalue weighted by Crippen LogP contribution is -2.42. The van der Waals surface area contributed by atoms with Crippen LogP contribution in [0.25, 0.3) is 0 Å². The van der Waals surface area contributed by atoms with Crippen molar-refractivity contribution in [3.05, 3.63) is 29.0 Å². The highest BCUT2D eigenvalue weighted by molar-refractivity contribution is 6.30. The average molecular weight is 289 g/mol. The molecular formula is C12H14ClFN2O3. The molecule has 0 saturated heterocycles. The normalized spacial score (nSPS) is 11.7. The lowest BCUT2D eigenvalue weighted by molar-refractivity contribution is -0.139. The molecule has 0 bridgehead atoms. The topological polar surface area (TPSA) is 78.4 Å². The predicted octanol–water partition coefficient (Wildman–Crippen LogP) is 2.85. The molecule has 1 atom stereocenters. The van der Waals surface area contributed by atoms with Gasteiger partial charge in [0.15, 0.2) is 0 Å². The van der Waals surface area contributed by atoms with Gasteiger partial charge >= 0.3 is 12.0 Å². The number of carboxylic acids is 1. The van der Waals surface area contributed by atoms with Crippen molar-refractivity contribution in [1.29, 1.82) is 0 Å². The molecule has 0 spiro atoms. The molecule has 3 N–H and O–H groups in total. The monoisotopic (exact) mass is 288 g/mol. The molecule has 0 aliphatic rings. The van der Waals surface area contributed by atoms with Crippen molar-refractivity contribution in [2.24, 2.45) is 0 Å². The quantitative estimate of drug-likeness (QED) is 0.779. The third-order valence-corrected chi connectivity index (χ3v) is 2.66. The third kappa shape index (κ3) is 4.75. The number of aliphatic carboxylic acids is 1. The van der Waals surface area contributed by atoms with Gasteiger partial charge in [0.1, 0.15) is 11.9 Å². The maximum Gasteiger partial charge on any atom is 0.326 e. The van der Waals surface area contributed by atoms with E-state index >= 15 is 0 Å². The first-order valence-electron chi connectivity index (χ1n) is 5.69. The van der Waals surface area contributed by atoms with Gasteiger partial charge < -0.3 is 15.7 Å². The van der Waals surface area contributed by atoms with Gasteiger partial charge in [-0.2, -0.15) is 0 Å². The minimum Gasteiger partial charge on any atom is -0.480 e. The van der Waals surface area contributed by atoms with E-state index in [2.05, 4.69) is 10.6 Å². The molecule has 0 aliphatic heterocycles. The van der Waals surface area contributed by atoms with Gasteiger partial charge in [-0.3, -0.25) is 0 Å². The molecule has 0 heterocycles. The van der Waals surface area contributed by atoms with Gasteiger partial charge in [0.2, 0.25) is 0 Å². The molecule has 1 aromatic rings. The van der Waals surface area contributed by atoms with E-state index in [0.29, 0.717) is 12.8 Å². The summed E-state index contributed by atoms with van der Waals surface area (Å²) in [6, 6.07) is 2.09. The number of amides is 2. The van der Waals surface area contributed by atoms with Crippen molar-refractivity contribution in [1.82, 2.24) is 5.32 Å². The standard InChI is InChI=1S/C12H14ClFN2O3/c1-2-3-10(11(17)18)16-12(19)15-7-4-5-8(13)9(14)6-7/h4-6,10H,2-3H2,1H3,(H,17,18)(H2,15,16,19)/t10-/m1/s1. The molecule has 1 aromatic carbocycles. The molecule has 2 amide bonds. The number of hydrogen-bond acceptors (Lipinski definition) is 2. The number of carbonyl (C=O) groups excluding carboxylic acids is 1. The molecule has 0 saturated carbocycles. The van der Waals surface area contributed by atoms with Crippen LogP contribution in [0.15, 0.2) is 18.2 Å². The number of hydrogen-bond donors (Lipinski definition) is 3. The van der Waals surface area contributed by atoms with Crippen LogP contribution in [0.5, 0.6) is 0 Å². The van der Waals surface area contributed by atoms with Gasteiger partial charge in [-0.05, 0) is 24.6 Å². The van der Waals surface area contributed by atoms with E-state index < -0.39 is 23.9 Å². The Balaban J connectivity index is 2.63. The van der Waals surface area contributed by atoms with Crippen molar-refractivity contribution in [2.45, 2.75) is 25.8 Å². The lowest BCUT2D eigenvalue weighted by atomic mass is 10.2. The second-order valence-corrected chi connectivity index (χ2v) is 4.31. The fourth-order valence-corrected chi connectivity index (χ4v) is 1.56. The number of benzene rings is 1. The largest absolute Gasteiger partial charge is 0.480 e. The van der Waals surface area contributed by atoms with Crippen molar-refractivity contribution >= 4 is 29.3 Å². The summed E-state index contributed by atoms with van der Waals surface area (Å²) in [5.41, 5.74) is 0.194. The van der Waals surface area contributed by atoms with Crippen LogP contribution in [0.1, 0.15) is 19.8 Å². The number of nitrogens with one attached hydrogen (secondary N) is 2. The Hall–Kier alpha value is -1.82. The molecule has 0 fully saturated rings. The highest BCUT2D eigenvalue weighted by Gasteiger charge is 2.18. The molecule has 0 aliphatic carbocycles. The first-order chi connectivity index (χ1) is 8.93. The van der Waals surface area contributed by atoms with Crippen molar-refractivity contribution in [3.63, 3.8) is 0 Å². The Kier molecular flexibility index (Phi) is 5.57. The van der Waals surface area contributed by atoms with Crippen molar-refractivity contribution < 1.29 is 19.1 Å². The van der Waals surface area contributed by atoms with E-state index in [9.17, 15) is 14.0 Å². The zero-order chi connectivity index (χ0) is 14.4. The maximum absolute atomic E-state index is 13.1. The summed E-state index contributed by atoms with van der Waals surface area (Å²) >= 11 is 5.50. The number of rotatable bonds is 5. The molecule has 0 radical (unpaired) electrons. The van der Waals surface area contributed by atoms with Gasteiger partial charge in [-0.25, -0.2) is 14.0 Å². The van der Waals surface area contributed by atoms with E-state index in [-0.39, 0.29) is 10.7 Å². The van der Waals surface area contributed by atoms with Crippen LogP contribution in [-0.2, 0) is 4.79 Å². The highest BCUT2D eigenvalue weighted by atomic mass is 35.5. The summed E-state index contributed by atoms with van der Waals surface area (Å²) in [4.78, 5) is 22.4. The second-order valence-electron chi connectivity index (χ2n) is 3.91. The molecule has 19 heavy (non-hydrogen) atoms. The number of carbonyl (C=O) groups is 2. The molecule has 7 heteroatoms. The summed E-state index contributed by atoms with van der Waals surface area (Å²) < 4.78 is 13.1. The first-order valence-corrected chi connectivity index (χ1v) is 6.07. The fourth-order valence-electron chi connectivity index (χ4n) is 1.45. The lowest BCUT2D eigenvalue weighted by Gasteiger charge is -2.14. The summed E-state index contributed by atoms with van der Waals surface area (Å²) in [5.74, 6) is -1.78. The van der Waals surface area contributed by atoms with Crippen LogP contribution in [0, 0.1) is 5.82 Å². The SMILES string of the molecule is CCC[C@@H](NC(=O)Nc1ccc(Cl)c(F)c1)C(=O)O. The van der Waals surface area contributed by atoms with E-state index in [1.54, 1.807) is 0 Å². The van der Waals surface area contributed by atoms with E-state index in [0.717, 1.165) is 6.07 Å². The van der Waals surface area contributed by atoms with Crippen LogP contribution in [-0.4, -0.2) is 23.1 Å². The van der Waals surface area contributed by atoms with Crippen molar-refractivity contribution in [2.75, 3.05) is 5.32 Å². The molecule has 5 nitrogen and oxygen atoms in total. The summed E-state index contributed by atoms with van der Waals surface area (Å²) in [7, 11) is 0. The smallest absolute Gasteiger partial charge is 0.326 e. The summed E-state index contributed by atoms with van der Waals surface area (Å²) in [5, 5.41) is 13.5. The predicted molar refractivity (Wildman–Crippen MR) is 69.9 cm³/mol. The van der Waals surface area contributed by atoms with E-state index in [1.165, 1.54) is 12.1 Å². The molecule has 0 unspecified atom stereocenters. The van der Waals surface area contributed by atoms with Gasteiger partial charge in [0, 0.05) is 5.69 Å². The van der Waals surface area contributed by atoms with Crippen LogP contribution in [0.2, 0.25) is 5.02 Å². The third-order valence-electron chi connectivity index (χ3n) is 2.36. The number of anilines is 1. The van der Waals surface area contributed by atoms with Gasteiger partial charge in [-0.1, -0.05) is 24.9 Å². The maximum atomic E-state index is 13.1. The average Bonchev–Trinajstić information content (AvgIpc) is 2.33. The van der Waals surface area contributed by atoms with Gasteiger partial charge in [-0.15, -0.1) is 0 Å². The van der Waals surface area contributed by atoms with Gasteiger partial charge in [0.25, 0.3) is 0 Å².